The summed E-state index contributed by atoms with van der Waals surface area (Å²) in [5.41, 5.74) is 5.08. The van der Waals surface area contributed by atoms with E-state index in [9.17, 15) is 19.2 Å². The molecule has 4 rings (SSSR count). The fourth-order valence-corrected chi connectivity index (χ4v) is 4.99. The number of hydrogen-bond donors (Lipinski definition) is 3. The molecule has 9 nitrogen and oxygen atoms in total. The molecule has 1 aromatic rings. The lowest BCUT2D eigenvalue weighted by Crippen LogP contribution is -2.53. The van der Waals surface area contributed by atoms with Crippen molar-refractivity contribution in [3.8, 4) is 0 Å². The fourth-order valence-electron chi connectivity index (χ4n) is 4.63. The summed E-state index contributed by atoms with van der Waals surface area (Å²) in [6.07, 6.45) is -0.156. The molecule has 2 fully saturated rings. The largest absolute Gasteiger partial charge is 0.383 e. The van der Waals surface area contributed by atoms with Gasteiger partial charge < -0.3 is 15.8 Å². The van der Waals surface area contributed by atoms with Crippen LogP contribution in [0.15, 0.2) is 22.7 Å². The Bertz CT molecular complexity index is 906. The van der Waals surface area contributed by atoms with Gasteiger partial charge in [-0.05, 0) is 18.2 Å². The maximum Gasteiger partial charge on any atom is 0.250 e. The van der Waals surface area contributed by atoms with Gasteiger partial charge >= 0.3 is 0 Å². The number of halogens is 1. The molecule has 0 aromatic heterocycles. The van der Waals surface area contributed by atoms with Gasteiger partial charge in [-0.1, -0.05) is 15.9 Å². The second kappa shape index (κ2) is 6.64. The van der Waals surface area contributed by atoms with Crippen LogP contribution in [-0.4, -0.2) is 54.8 Å². The number of primary amides is 1. The summed E-state index contributed by atoms with van der Waals surface area (Å²) in [6.45, 7) is 0.277. The predicted octanol–water partition coefficient (Wildman–Crippen LogP) is -0.309. The number of benzene rings is 1. The smallest absolute Gasteiger partial charge is 0.250 e. The maximum absolute atomic E-state index is 13.2. The molecule has 0 unspecified atom stereocenters. The zero-order valence-corrected chi connectivity index (χ0v) is 16.6. The number of nitrogens with zero attached hydrogens (tertiary/aromatic N) is 1. The summed E-state index contributed by atoms with van der Waals surface area (Å²) in [7, 11) is 1.48. The monoisotopic (exact) mass is 450 g/mol. The van der Waals surface area contributed by atoms with Crippen molar-refractivity contribution in [3.63, 3.8) is 0 Å². The van der Waals surface area contributed by atoms with Crippen LogP contribution in [0.4, 0.5) is 5.69 Å². The predicted molar refractivity (Wildman–Crippen MR) is 101 cm³/mol. The number of methoxy groups -OCH3 is 1. The molecular weight excluding hydrogens is 432 g/mol. The number of likely N-dealkylation sites (tertiary alicyclic amines) is 1. The van der Waals surface area contributed by atoms with Gasteiger partial charge in [-0.3, -0.25) is 29.4 Å². The van der Waals surface area contributed by atoms with Gasteiger partial charge in [0.2, 0.25) is 23.6 Å². The summed E-state index contributed by atoms with van der Waals surface area (Å²) in [5.74, 6) is -3.72. The molecule has 3 aliphatic rings. The molecule has 1 aromatic carbocycles. The number of carbonyl (C=O) groups excluding carboxylic acids is 4. The molecule has 10 heteroatoms. The van der Waals surface area contributed by atoms with Crippen LogP contribution in [0.3, 0.4) is 0 Å². The van der Waals surface area contributed by atoms with E-state index in [1.807, 2.05) is 0 Å². The normalized spacial score (nSPS) is 30.7. The Kier molecular flexibility index (Phi) is 4.52. The summed E-state index contributed by atoms with van der Waals surface area (Å²) < 4.78 is 5.73. The number of rotatable bonds is 5. The summed E-state index contributed by atoms with van der Waals surface area (Å²) in [4.78, 5) is 52.1. The molecule has 2 saturated heterocycles. The van der Waals surface area contributed by atoms with Crippen LogP contribution in [0.5, 0.6) is 0 Å². The van der Waals surface area contributed by atoms with Crippen molar-refractivity contribution >= 4 is 45.2 Å². The molecule has 3 heterocycles. The number of anilines is 1. The minimum Gasteiger partial charge on any atom is -0.383 e. The molecule has 0 bridgehead atoms. The van der Waals surface area contributed by atoms with E-state index in [2.05, 4.69) is 26.6 Å². The van der Waals surface area contributed by atoms with Crippen LogP contribution in [0, 0.1) is 11.8 Å². The van der Waals surface area contributed by atoms with Crippen molar-refractivity contribution in [2.24, 2.45) is 17.6 Å². The first-order chi connectivity index (χ1) is 13.3. The fraction of sp³-hybridized carbons (Fsp3) is 0.444. The van der Waals surface area contributed by atoms with E-state index < -0.39 is 47.0 Å². The zero-order valence-electron chi connectivity index (χ0n) is 15.0. The van der Waals surface area contributed by atoms with Gasteiger partial charge in [-0.25, -0.2) is 0 Å². The average molecular weight is 451 g/mol. The Hall–Kier alpha value is -2.30. The molecule has 3 aliphatic heterocycles. The van der Waals surface area contributed by atoms with Crippen LogP contribution in [0.2, 0.25) is 0 Å². The number of imide groups is 1. The lowest BCUT2D eigenvalue weighted by molar-refractivity contribution is -0.143. The highest BCUT2D eigenvalue weighted by atomic mass is 79.9. The number of hydrogen-bond acceptors (Lipinski definition) is 6. The standard InChI is InChI=1S/C18H19BrN4O5/c1-28-5-4-23-15(25)13-11(7-12(20)24)22-18(14(13)16(23)26)9-6-8(19)2-3-10(9)21-17(18)27/h2-3,6,11,13-14,22H,4-5,7H2,1H3,(H2,20,24)(H,21,27)/t11-,13-,14+,18-/m1/s1. The first kappa shape index (κ1) is 19.0. The molecule has 28 heavy (non-hydrogen) atoms. The van der Waals surface area contributed by atoms with Gasteiger partial charge in [0.05, 0.1) is 25.0 Å². The van der Waals surface area contributed by atoms with Crippen LogP contribution in [0.1, 0.15) is 12.0 Å². The number of carbonyl (C=O) groups is 4. The molecule has 4 N–H and O–H groups in total. The van der Waals surface area contributed by atoms with Gasteiger partial charge in [-0.2, -0.15) is 0 Å². The van der Waals surface area contributed by atoms with Crippen LogP contribution in [0.25, 0.3) is 0 Å². The van der Waals surface area contributed by atoms with Crippen LogP contribution in [-0.2, 0) is 29.5 Å². The lowest BCUT2D eigenvalue weighted by atomic mass is 9.76. The molecule has 1 spiro atoms. The van der Waals surface area contributed by atoms with Crippen LogP contribution >= 0.6 is 15.9 Å². The number of nitrogens with one attached hydrogen (secondary N) is 2. The summed E-state index contributed by atoms with van der Waals surface area (Å²) >= 11 is 3.40. The molecule has 148 valence electrons. The number of nitrogens with two attached hydrogens (primary N) is 1. The van der Waals surface area contributed by atoms with Crippen molar-refractivity contribution in [2.75, 3.05) is 25.6 Å². The van der Waals surface area contributed by atoms with E-state index in [4.69, 9.17) is 10.5 Å². The third kappa shape index (κ3) is 2.51. The van der Waals surface area contributed by atoms with E-state index >= 15 is 0 Å². The van der Waals surface area contributed by atoms with Crippen molar-refractivity contribution in [1.82, 2.24) is 10.2 Å². The van der Waals surface area contributed by atoms with Crippen molar-refractivity contribution in [3.05, 3.63) is 28.2 Å². The first-order valence-electron chi connectivity index (χ1n) is 8.83. The molecule has 4 atom stereocenters. The van der Waals surface area contributed by atoms with Gasteiger partial charge in [0.15, 0.2) is 0 Å². The Morgan fingerprint density at radius 2 is 2.07 bits per heavy atom. The average Bonchev–Trinajstić information content (AvgIpc) is 3.19. The van der Waals surface area contributed by atoms with E-state index in [0.29, 0.717) is 11.3 Å². The van der Waals surface area contributed by atoms with Crippen molar-refractivity contribution in [1.29, 1.82) is 0 Å². The minimum absolute atomic E-state index is 0.0908. The van der Waals surface area contributed by atoms with Gasteiger partial charge in [-0.15, -0.1) is 0 Å². The molecular formula is C18H19BrN4O5. The van der Waals surface area contributed by atoms with E-state index in [0.717, 1.165) is 9.37 Å². The summed E-state index contributed by atoms with van der Waals surface area (Å²) in [5, 5.41) is 5.93. The number of ether oxygens (including phenoxy) is 1. The molecule has 4 amide bonds. The highest BCUT2D eigenvalue weighted by Gasteiger charge is 2.70. The van der Waals surface area contributed by atoms with Crippen molar-refractivity contribution in [2.45, 2.75) is 18.0 Å². The minimum atomic E-state index is -1.43. The Morgan fingerprint density at radius 3 is 2.75 bits per heavy atom. The van der Waals surface area contributed by atoms with Gasteiger partial charge in [0, 0.05) is 35.3 Å². The van der Waals surface area contributed by atoms with E-state index in [1.54, 1.807) is 18.2 Å². The number of fused-ring (bicyclic) bond motifs is 4. The topological polar surface area (TPSA) is 131 Å². The SMILES string of the molecule is COCCN1C(=O)[C@H]2[C@@H](C1=O)[C@@]1(N[C@@H]2CC(N)=O)C(=O)Nc2ccc(Br)cc21. The third-order valence-electron chi connectivity index (χ3n) is 5.71. The summed E-state index contributed by atoms with van der Waals surface area (Å²) in [6, 6.07) is 4.54. The van der Waals surface area contributed by atoms with Gasteiger partial charge in [0.1, 0.15) is 5.54 Å². The molecule has 0 saturated carbocycles. The Morgan fingerprint density at radius 1 is 1.32 bits per heavy atom. The van der Waals surface area contributed by atoms with Crippen molar-refractivity contribution < 1.29 is 23.9 Å². The first-order valence-corrected chi connectivity index (χ1v) is 9.62. The van der Waals surface area contributed by atoms with E-state index in [-0.39, 0.29) is 19.6 Å². The maximum atomic E-state index is 13.2. The number of amides is 4. The zero-order chi connectivity index (χ0) is 20.2. The Balaban J connectivity index is 1.85. The lowest BCUT2D eigenvalue weighted by Gasteiger charge is -2.29. The molecule has 0 aliphatic carbocycles. The quantitative estimate of drug-likeness (QED) is 0.527. The highest BCUT2D eigenvalue weighted by Crippen LogP contribution is 2.53. The molecule has 0 radical (unpaired) electrons. The second-order valence-corrected chi connectivity index (χ2v) is 8.11. The van der Waals surface area contributed by atoms with Gasteiger partial charge in [0.25, 0.3) is 0 Å². The highest BCUT2D eigenvalue weighted by molar-refractivity contribution is 9.10. The van der Waals surface area contributed by atoms with E-state index in [1.165, 1.54) is 7.11 Å². The third-order valence-corrected chi connectivity index (χ3v) is 6.20. The second-order valence-electron chi connectivity index (χ2n) is 7.20. The Labute approximate surface area is 169 Å². The van der Waals surface area contributed by atoms with Crippen LogP contribution < -0.4 is 16.4 Å².